The highest BCUT2D eigenvalue weighted by atomic mass is 16.5. The van der Waals surface area contributed by atoms with Crippen molar-refractivity contribution in [3.63, 3.8) is 0 Å². The predicted octanol–water partition coefficient (Wildman–Crippen LogP) is -0.574. The molecular weight excluding hydrogens is 212 g/mol. The second kappa shape index (κ2) is 4.80. The largest absolute Gasteiger partial charge is 0.480 e. The Hall–Kier alpha value is -1.14. The SMILES string of the molecule is CC[C@H](N)C(=O)N1CC(C)(OCC(=O)O)C1. The van der Waals surface area contributed by atoms with Crippen molar-refractivity contribution < 1.29 is 19.4 Å². The van der Waals surface area contributed by atoms with Crippen LogP contribution in [0.15, 0.2) is 0 Å². The molecule has 1 atom stereocenters. The molecule has 0 spiro atoms. The van der Waals surface area contributed by atoms with Gasteiger partial charge >= 0.3 is 5.97 Å². The van der Waals surface area contributed by atoms with Gasteiger partial charge in [0.25, 0.3) is 0 Å². The topological polar surface area (TPSA) is 92.9 Å². The molecule has 1 saturated heterocycles. The van der Waals surface area contributed by atoms with Crippen LogP contribution in [0.4, 0.5) is 0 Å². The molecule has 1 heterocycles. The summed E-state index contributed by atoms with van der Waals surface area (Å²) in [5.41, 5.74) is 5.07. The van der Waals surface area contributed by atoms with E-state index in [0.29, 0.717) is 19.5 Å². The maximum absolute atomic E-state index is 11.6. The zero-order valence-corrected chi connectivity index (χ0v) is 9.60. The van der Waals surface area contributed by atoms with Gasteiger partial charge in [-0.25, -0.2) is 4.79 Å². The van der Waals surface area contributed by atoms with E-state index in [9.17, 15) is 9.59 Å². The van der Waals surface area contributed by atoms with Crippen molar-refractivity contribution in [2.24, 2.45) is 5.73 Å². The van der Waals surface area contributed by atoms with E-state index in [1.807, 2.05) is 6.92 Å². The number of aliphatic carboxylic acids is 1. The molecule has 0 saturated carbocycles. The fourth-order valence-corrected chi connectivity index (χ4v) is 1.65. The summed E-state index contributed by atoms with van der Waals surface area (Å²) in [6, 6.07) is -0.468. The van der Waals surface area contributed by atoms with E-state index in [0.717, 1.165) is 0 Å². The van der Waals surface area contributed by atoms with Crippen LogP contribution in [0.5, 0.6) is 0 Å². The average molecular weight is 230 g/mol. The molecule has 1 fully saturated rings. The van der Waals surface area contributed by atoms with Crippen molar-refractivity contribution in [1.82, 2.24) is 4.90 Å². The monoisotopic (exact) mass is 230 g/mol. The Labute approximate surface area is 94.3 Å². The summed E-state index contributed by atoms with van der Waals surface area (Å²) in [7, 11) is 0. The highest BCUT2D eigenvalue weighted by Crippen LogP contribution is 2.25. The van der Waals surface area contributed by atoms with E-state index in [2.05, 4.69) is 0 Å². The minimum atomic E-state index is -1.00. The van der Waals surface area contributed by atoms with E-state index in [4.69, 9.17) is 15.6 Å². The first-order valence-electron chi connectivity index (χ1n) is 5.28. The number of carbonyl (C=O) groups is 2. The minimum Gasteiger partial charge on any atom is -0.480 e. The predicted molar refractivity (Wildman–Crippen MR) is 56.8 cm³/mol. The molecule has 1 rings (SSSR count). The molecule has 0 unspecified atom stereocenters. The zero-order valence-electron chi connectivity index (χ0n) is 9.60. The number of carboxylic acids is 1. The van der Waals surface area contributed by atoms with E-state index < -0.39 is 17.6 Å². The summed E-state index contributed by atoms with van der Waals surface area (Å²) in [5.74, 6) is -1.10. The number of nitrogens with zero attached hydrogens (tertiary/aromatic N) is 1. The Kier molecular flexibility index (Phi) is 3.88. The summed E-state index contributed by atoms with van der Waals surface area (Å²) in [6.45, 7) is 4.12. The first kappa shape index (κ1) is 12.9. The summed E-state index contributed by atoms with van der Waals surface area (Å²) < 4.78 is 5.19. The third-order valence-electron chi connectivity index (χ3n) is 2.66. The van der Waals surface area contributed by atoms with Crippen LogP contribution in [0.25, 0.3) is 0 Å². The van der Waals surface area contributed by atoms with Crippen LogP contribution >= 0.6 is 0 Å². The maximum atomic E-state index is 11.6. The third-order valence-corrected chi connectivity index (χ3v) is 2.66. The Balaban J connectivity index is 2.35. The highest BCUT2D eigenvalue weighted by Gasteiger charge is 2.43. The molecule has 0 bridgehead atoms. The highest BCUT2D eigenvalue weighted by molar-refractivity contribution is 5.82. The van der Waals surface area contributed by atoms with Crippen LogP contribution in [0.3, 0.4) is 0 Å². The van der Waals surface area contributed by atoms with Gasteiger partial charge in [0.2, 0.25) is 5.91 Å². The second-order valence-corrected chi connectivity index (χ2v) is 4.34. The molecule has 16 heavy (non-hydrogen) atoms. The van der Waals surface area contributed by atoms with E-state index in [-0.39, 0.29) is 12.5 Å². The van der Waals surface area contributed by atoms with Crippen molar-refractivity contribution in [1.29, 1.82) is 0 Å². The molecule has 3 N–H and O–H groups in total. The molecule has 0 radical (unpaired) electrons. The second-order valence-electron chi connectivity index (χ2n) is 4.34. The smallest absolute Gasteiger partial charge is 0.329 e. The van der Waals surface area contributed by atoms with Gasteiger partial charge in [-0.1, -0.05) is 6.92 Å². The van der Waals surface area contributed by atoms with Gasteiger partial charge in [-0.3, -0.25) is 4.79 Å². The first-order chi connectivity index (χ1) is 7.38. The Bertz CT molecular complexity index is 287. The number of likely N-dealkylation sites (tertiary alicyclic amines) is 1. The lowest BCUT2D eigenvalue weighted by atomic mass is 9.95. The van der Waals surface area contributed by atoms with Crippen LogP contribution < -0.4 is 5.73 Å². The maximum Gasteiger partial charge on any atom is 0.329 e. The van der Waals surface area contributed by atoms with Crippen molar-refractivity contribution in [2.75, 3.05) is 19.7 Å². The molecular formula is C10H18N2O4. The van der Waals surface area contributed by atoms with Crippen molar-refractivity contribution >= 4 is 11.9 Å². The molecule has 92 valence electrons. The minimum absolute atomic E-state index is 0.0982. The van der Waals surface area contributed by atoms with Crippen molar-refractivity contribution in [3.05, 3.63) is 0 Å². The van der Waals surface area contributed by atoms with Gasteiger partial charge in [0, 0.05) is 0 Å². The van der Waals surface area contributed by atoms with E-state index in [1.54, 1.807) is 11.8 Å². The van der Waals surface area contributed by atoms with Gasteiger partial charge in [-0.2, -0.15) is 0 Å². The van der Waals surface area contributed by atoms with Crippen molar-refractivity contribution in [2.45, 2.75) is 31.9 Å². The van der Waals surface area contributed by atoms with Crippen LogP contribution in [0.2, 0.25) is 0 Å². The van der Waals surface area contributed by atoms with E-state index in [1.165, 1.54) is 0 Å². The lowest BCUT2D eigenvalue weighted by Gasteiger charge is -2.47. The number of hydrogen-bond donors (Lipinski definition) is 2. The van der Waals surface area contributed by atoms with Crippen LogP contribution in [-0.2, 0) is 14.3 Å². The number of ether oxygens (including phenoxy) is 1. The van der Waals surface area contributed by atoms with Gasteiger partial charge in [-0.15, -0.1) is 0 Å². The quantitative estimate of drug-likeness (QED) is 0.659. The summed E-state index contributed by atoms with van der Waals surface area (Å²) >= 11 is 0. The number of carbonyl (C=O) groups excluding carboxylic acids is 1. The number of carboxylic acid groups (broad SMARTS) is 1. The Morgan fingerprint density at radius 3 is 2.56 bits per heavy atom. The summed E-state index contributed by atoms with van der Waals surface area (Å²) in [4.78, 5) is 23.5. The molecule has 0 aliphatic carbocycles. The van der Waals surface area contributed by atoms with Gasteiger partial charge in [0.05, 0.1) is 19.1 Å². The standard InChI is InChI=1S/C10H18N2O4/c1-3-7(11)9(15)12-5-10(2,6-12)16-4-8(13)14/h7H,3-6,11H2,1-2H3,(H,13,14)/t7-/m0/s1. The number of rotatable bonds is 5. The molecule has 6 heteroatoms. The Morgan fingerprint density at radius 1 is 1.56 bits per heavy atom. The molecule has 0 aromatic carbocycles. The molecule has 1 aliphatic heterocycles. The first-order valence-corrected chi connectivity index (χ1v) is 5.28. The van der Waals surface area contributed by atoms with E-state index >= 15 is 0 Å². The fraction of sp³-hybridized carbons (Fsp3) is 0.800. The normalized spacial score (nSPS) is 20.1. The third kappa shape index (κ3) is 2.93. The van der Waals surface area contributed by atoms with Gasteiger partial charge in [-0.05, 0) is 13.3 Å². The van der Waals surface area contributed by atoms with Crippen molar-refractivity contribution in [3.8, 4) is 0 Å². The number of amides is 1. The Morgan fingerprint density at radius 2 is 2.12 bits per heavy atom. The number of nitrogens with two attached hydrogens (primary N) is 1. The van der Waals surface area contributed by atoms with Crippen LogP contribution in [0.1, 0.15) is 20.3 Å². The van der Waals surface area contributed by atoms with Crippen LogP contribution in [-0.4, -0.2) is 53.2 Å². The molecule has 1 aliphatic rings. The lowest BCUT2D eigenvalue weighted by molar-refractivity contribution is -0.174. The molecule has 6 nitrogen and oxygen atoms in total. The summed E-state index contributed by atoms with van der Waals surface area (Å²) in [5, 5.41) is 8.47. The molecule has 0 aromatic rings. The molecule has 1 amide bonds. The lowest BCUT2D eigenvalue weighted by Crippen LogP contribution is -2.65. The fourth-order valence-electron chi connectivity index (χ4n) is 1.65. The van der Waals surface area contributed by atoms with Gasteiger partial charge < -0.3 is 20.5 Å². The number of hydrogen-bond acceptors (Lipinski definition) is 4. The molecule has 0 aromatic heterocycles. The van der Waals surface area contributed by atoms with Gasteiger partial charge in [0.1, 0.15) is 12.2 Å². The van der Waals surface area contributed by atoms with Gasteiger partial charge in [0.15, 0.2) is 0 Å². The van der Waals surface area contributed by atoms with Crippen LogP contribution in [0, 0.1) is 0 Å². The summed E-state index contributed by atoms with van der Waals surface area (Å²) in [6.07, 6.45) is 0.599. The average Bonchev–Trinajstić information content (AvgIpc) is 2.20. The zero-order chi connectivity index (χ0) is 12.3.